The van der Waals surface area contributed by atoms with E-state index in [1.807, 2.05) is 6.07 Å². The van der Waals surface area contributed by atoms with Gasteiger partial charge in [-0.3, -0.25) is 0 Å². The Morgan fingerprint density at radius 2 is 2.05 bits per heavy atom. The monoisotopic (exact) mass is 286 g/mol. The van der Waals surface area contributed by atoms with E-state index in [0.717, 1.165) is 5.69 Å². The molecule has 5 heteroatoms. The second-order valence-corrected chi connectivity index (χ2v) is 4.53. The summed E-state index contributed by atoms with van der Waals surface area (Å²) in [7, 11) is 0. The standard InChI is InChI=1S/C15H11ClN2O2/c16-14-7-12(6-5-10(14)8-17)18-9-11-3-1-2-4-13(11)15(19)20/h1-7,18H,9H2,(H,19,20). The topological polar surface area (TPSA) is 73.1 Å². The maximum Gasteiger partial charge on any atom is 0.336 e. The molecule has 0 saturated carbocycles. The van der Waals surface area contributed by atoms with Gasteiger partial charge < -0.3 is 10.4 Å². The fourth-order valence-electron chi connectivity index (χ4n) is 1.80. The Kier molecular flexibility index (Phi) is 4.24. The van der Waals surface area contributed by atoms with Gasteiger partial charge in [-0.15, -0.1) is 0 Å². The molecule has 0 bridgehead atoms. The SMILES string of the molecule is N#Cc1ccc(NCc2ccccc2C(=O)O)cc1Cl. The van der Waals surface area contributed by atoms with Crippen molar-refractivity contribution >= 4 is 23.3 Å². The minimum absolute atomic E-state index is 0.264. The molecule has 0 spiro atoms. The maximum atomic E-state index is 11.1. The van der Waals surface area contributed by atoms with Crippen molar-refractivity contribution in [1.82, 2.24) is 0 Å². The predicted molar refractivity (Wildman–Crippen MR) is 76.9 cm³/mol. The first-order chi connectivity index (χ1) is 9.61. The molecule has 0 saturated heterocycles. The minimum Gasteiger partial charge on any atom is -0.478 e. The molecular formula is C15H11ClN2O2. The molecule has 2 aromatic carbocycles. The Balaban J connectivity index is 2.15. The lowest BCUT2D eigenvalue weighted by atomic mass is 10.1. The van der Waals surface area contributed by atoms with E-state index in [1.165, 1.54) is 0 Å². The molecule has 0 radical (unpaired) electrons. The van der Waals surface area contributed by atoms with Gasteiger partial charge in [0.15, 0.2) is 0 Å². The zero-order valence-corrected chi connectivity index (χ0v) is 11.2. The fraction of sp³-hybridized carbons (Fsp3) is 0.0667. The number of hydrogen-bond donors (Lipinski definition) is 2. The number of rotatable bonds is 4. The summed E-state index contributed by atoms with van der Waals surface area (Å²) in [4.78, 5) is 11.1. The third-order valence-corrected chi connectivity index (χ3v) is 3.13. The Morgan fingerprint density at radius 1 is 1.30 bits per heavy atom. The van der Waals surface area contributed by atoms with E-state index in [0.29, 0.717) is 22.7 Å². The molecule has 2 N–H and O–H groups in total. The Morgan fingerprint density at radius 3 is 2.70 bits per heavy atom. The van der Waals surface area contributed by atoms with E-state index in [2.05, 4.69) is 5.32 Å². The van der Waals surface area contributed by atoms with Crippen LogP contribution in [0.3, 0.4) is 0 Å². The van der Waals surface area contributed by atoms with Gasteiger partial charge in [0.1, 0.15) is 6.07 Å². The second-order valence-electron chi connectivity index (χ2n) is 4.12. The van der Waals surface area contributed by atoms with Crippen LogP contribution in [0.25, 0.3) is 0 Å². The van der Waals surface area contributed by atoms with Gasteiger partial charge in [0.25, 0.3) is 0 Å². The highest BCUT2D eigenvalue weighted by Crippen LogP contribution is 2.21. The van der Waals surface area contributed by atoms with Gasteiger partial charge in [0.2, 0.25) is 0 Å². The van der Waals surface area contributed by atoms with Gasteiger partial charge >= 0.3 is 5.97 Å². The van der Waals surface area contributed by atoms with Gasteiger partial charge in [0.05, 0.1) is 16.1 Å². The van der Waals surface area contributed by atoms with Gasteiger partial charge in [-0.1, -0.05) is 29.8 Å². The minimum atomic E-state index is -0.958. The van der Waals surface area contributed by atoms with Crippen molar-refractivity contribution in [3.8, 4) is 6.07 Å². The molecule has 0 aromatic heterocycles. The molecule has 0 unspecified atom stereocenters. The lowest BCUT2D eigenvalue weighted by Crippen LogP contribution is -2.07. The lowest BCUT2D eigenvalue weighted by molar-refractivity contribution is 0.0696. The van der Waals surface area contributed by atoms with Crippen molar-refractivity contribution in [2.24, 2.45) is 0 Å². The molecule has 0 atom stereocenters. The van der Waals surface area contributed by atoms with Crippen molar-refractivity contribution in [2.75, 3.05) is 5.32 Å². The van der Waals surface area contributed by atoms with Crippen molar-refractivity contribution in [3.63, 3.8) is 0 Å². The van der Waals surface area contributed by atoms with Crippen molar-refractivity contribution in [3.05, 3.63) is 64.2 Å². The van der Waals surface area contributed by atoms with E-state index < -0.39 is 5.97 Å². The molecule has 0 heterocycles. The first-order valence-electron chi connectivity index (χ1n) is 5.86. The van der Waals surface area contributed by atoms with E-state index in [9.17, 15) is 4.79 Å². The molecule has 0 aliphatic rings. The van der Waals surface area contributed by atoms with E-state index >= 15 is 0 Å². The molecular weight excluding hydrogens is 276 g/mol. The Labute approximate surface area is 121 Å². The highest BCUT2D eigenvalue weighted by molar-refractivity contribution is 6.32. The predicted octanol–water partition coefficient (Wildman–Crippen LogP) is 3.52. The summed E-state index contributed by atoms with van der Waals surface area (Å²) < 4.78 is 0. The van der Waals surface area contributed by atoms with Crippen LogP contribution in [0.2, 0.25) is 5.02 Å². The summed E-state index contributed by atoms with van der Waals surface area (Å²) in [6, 6.07) is 13.8. The molecule has 0 fully saturated rings. The van der Waals surface area contributed by atoms with Crippen LogP contribution in [-0.2, 0) is 6.54 Å². The third-order valence-electron chi connectivity index (χ3n) is 2.82. The number of carboxylic acid groups (broad SMARTS) is 1. The van der Waals surface area contributed by atoms with Crippen LogP contribution < -0.4 is 5.32 Å². The fourth-order valence-corrected chi connectivity index (χ4v) is 2.02. The highest BCUT2D eigenvalue weighted by Gasteiger charge is 2.08. The zero-order chi connectivity index (χ0) is 14.5. The van der Waals surface area contributed by atoms with Gasteiger partial charge in [-0.05, 0) is 29.8 Å². The summed E-state index contributed by atoms with van der Waals surface area (Å²) in [6.07, 6.45) is 0. The molecule has 2 aromatic rings. The molecule has 100 valence electrons. The maximum absolute atomic E-state index is 11.1. The molecule has 4 nitrogen and oxygen atoms in total. The van der Waals surface area contributed by atoms with Crippen LogP contribution in [0, 0.1) is 11.3 Å². The second kappa shape index (κ2) is 6.09. The van der Waals surface area contributed by atoms with E-state index in [-0.39, 0.29) is 5.56 Å². The number of hydrogen-bond acceptors (Lipinski definition) is 3. The summed E-state index contributed by atoms with van der Waals surface area (Å²) in [5.74, 6) is -0.958. The number of aromatic carboxylic acids is 1. The van der Waals surface area contributed by atoms with Crippen LogP contribution in [0.1, 0.15) is 21.5 Å². The first-order valence-corrected chi connectivity index (χ1v) is 6.24. The van der Waals surface area contributed by atoms with Crippen molar-refractivity contribution in [2.45, 2.75) is 6.54 Å². The van der Waals surface area contributed by atoms with Crippen LogP contribution >= 0.6 is 11.6 Å². The number of nitrogens with one attached hydrogen (secondary N) is 1. The van der Waals surface area contributed by atoms with Gasteiger partial charge in [-0.25, -0.2) is 4.79 Å². The number of benzene rings is 2. The number of nitrogens with zero attached hydrogens (tertiary/aromatic N) is 1. The summed E-state index contributed by atoms with van der Waals surface area (Å²) in [6.45, 7) is 0.366. The molecule has 20 heavy (non-hydrogen) atoms. The quantitative estimate of drug-likeness (QED) is 0.902. The van der Waals surface area contributed by atoms with Crippen LogP contribution in [-0.4, -0.2) is 11.1 Å². The summed E-state index contributed by atoms with van der Waals surface area (Å²) in [5, 5.41) is 21.3. The Hall–Kier alpha value is -2.51. The number of halogens is 1. The third kappa shape index (κ3) is 3.08. The molecule has 0 amide bonds. The highest BCUT2D eigenvalue weighted by atomic mass is 35.5. The normalized spacial score (nSPS) is 9.80. The number of nitriles is 1. The van der Waals surface area contributed by atoms with E-state index in [4.69, 9.17) is 22.0 Å². The van der Waals surface area contributed by atoms with Crippen LogP contribution in [0.5, 0.6) is 0 Å². The number of carbonyl (C=O) groups is 1. The lowest BCUT2D eigenvalue weighted by Gasteiger charge is -2.09. The van der Waals surface area contributed by atoms with Gasteiger partial charge in [-0.2, -0.15) is 5.26 Å². The first kappa shape index (κ1) is 13.9. The molecule has 0 aliphatic heterocycles. The smallest absolute Gasteiger partial charge is 0.336 e. The largest absolute Gasteiger partial charge is 0.478 e. The van der Waals surface area contributed by atoms with Gasteiger partial charge in [0, 0.05) is 12.2 Å². The van der Waals surface area contributed by atoms with Crippen LogP contribution in [0.4, 0.5) is 5.69 Å². The number of anilines is 1. The van der Waals surface area contributed by atoms with Crippen molar-refractivity contribution in [1.29, 1.82) is 5.26 Å². The number of carboxylic acids is 1. The summed E-state index contributed by atoms with van der Waals surface area (Å²) in [5.41, 5.74) is 2.08. The summed E-state index contributed by atoms with van der Waals surface area (Å²) >= 11 is 5.94. The Bertz CT molecular complexity index is 693. The zero-order valence-electron chi connectivity index (χ0n) is 10.4. The molecule has 2 rings (SSSR count). The molecule has 0 aliphatic carbocycles. The van der Waals surface area contributed by atoms with Crippen molar-refractivity contribution < 1.29 is 9.90 Å². The average molecular weight is 287 g/mol. The average Bonchev–Trinajstić information content (AvgIpc) is 2.45. The van der Waals surface area contributed by atoms with Crippen LogP contribution in [0.15, 0.2) is 42.5 Å². The van der Waals surface area contributed by atoms with E-state index in [1.54, 1.807) is 42.5 Å².